The van der Waals surface area contributed by atoms with Gasteiger partial charge in [-0.1, -0.05) is 31.1 Å². The number of rotatable bonds is 2. The Bertz CT molecular complexity index is 493. The van der Waals surface area contributed by atoms with Crippen molar-refractivity contribution in [1.29, 1.82) is 0 Å². The van der Waals surface area contributed by atoms with Crippen molar-refractivity contribution in [3.63, 3.8) is 0 Å². The normalized spacial score (nSPS) is 15.3. The number of hydrogen-bond acceptors (Lipinski definition) is 2. The molecule has 3 nitrogen and oxygen atoms in total. The quantitative estimate of drug-likeness (QED) is 0.816. The molecule has 1 aliphatic rings. The molecule has 0 atom stereocenters. The first-order valence-corrected chi connectivity index (χ1v) is 7.16. The standard InChI is InChI=1S/C15H20N2OS/c1-10-7-8-13(9-11(10)2)16-14(18)15(19)17-12-5-3-4-6-12/h7-9,12H,3-6H2,1-2H3,(H,16,18)(H,17,19). The molecule has 2 N–H and O–H groups in total. The van der Waals surface area contributed by atoms with Gasteiger partial charge in [0.05, 0.1) is 0 Å². The molecular formula is C15H20N2OS. The highest BCUT2D eigenvalue weighted by Crippen LogP contribution is 2.18. The number of hydrogen-bond donors (Lipinski definition) is 2. The van der Waals surface area contributed by atoms with Gasteiger partial charge in [0.15, 0.2) is 4.99 Å². The highest BCUT2D eigenvalue weighted by molar-refractivity contribution is 7.82. The van der Waals surface area contributed by atoms with E-state index in [4.69, 9.17) is 12.2 Å². The van der Waals surface area contributed by atoms with Crippen LogP contribution in [0.15, 0.2) is 18.2 Å². The molecule has 0 heterocycles. The van der Waals surface area contributed by atoms with Crippen LogP contribution in [0.2, 0.25) is 0 Å². The van der Waals surface area contributed by atoms with E-state index in [1.165, 1.54) is 18.4 Å². The van der Waals surface area contributed by atoms with Gasteiger partial charge < -0.3 is 10.6 Å². The van der Waals surface area contributed by atoms with Gasteiger partial charge >= 0.3 is 0 Å². The first-order valence-electron chi connectivity index (χ1n) is 6.75. The van der Waals surface area contributed by atoms with Gasteiger partial charge in [0, 0.05) is 11.7 Å². The third-order valence-electron chi connectivity index (χ3n) is 3.66. The molecule has 1 amide bonds. The second kappa shape index (κ2) is 6.15. The largest absolute Gasteiger partial charge is 0.369 e. The maximum atomic E-state index is 12.0. The highest BCUT2D eigenvalue weighted by atomic mass is 32.1. The molecule has 1 fully saturated rings. The van der Waals surface area contributed by atoms with Crippen LogP contribution in [0.3, 0.4) is 0 Å². The van der Waals surface area contributed by atoms with E-state index in [0.29, 0.717) is 11.0 Å². The van der Waals surface area contributed by atoms with Gasteiger partial charge in [0.25, 0.3) is 5.91 Å². The second-order valence-electron chi connectivity index (χ2n) is 5.21. The summed E-state index contributed by atoms with van der Waals surface area (Å²) in [5.41, 5.74) is 3.17. The minimum absolute atomic E-state index is 0.217. The van der Waals surface area contributed by atoms with E-state index in [0.717, 1.165) is 24.1 Å². The number of aryl methyl sites for hydroxylation is 2. The summed E-state index contributed by atoms with van der Waals surface area (Å²) in [5.74, 6) is -0.217. The van der Waals surface area contributed by atoms with E-state index < -0.39 is 0 Å². The molecule has 1 aromatic rings. The van der Waals surface area contributed by atoms with Crippen LogP contribution in [0.5, 0.6) is 0 Å². The SMILES string of the molecule is Cc1ccc(NC(=O)C(=S)NC2CCCC2)cc1C. The lowest BCUT2D eigenvalue weighted by atomic mass is 10.1. The summed E-state index contributed by atoms with van der Waals surface area (Å²) < 4.78 is 0. The van der Waals surface area contributed by atoms with Crippen LogP contribution in [0.1, 0.15) is 36.8 Å². The average Bonchev–Trinajstić information content (AvgIpc) is 2.86. The number of benzene rings is 1. The number of amides is 1. The van der Waals surface area contributed by atoms with Crippen LogP contribution in [0.25, 0.3) is 0 Å². The average molecular weight is 276 g/mol. The number of carbonyl (C=O) groups is 1. The van der Waals surface area contributed by atoms with Crippen LogP contribution in [0.4, 0.5) is 5.69 Å². The van der Waals surface area contributed by atoms with Crippen molar-refractivity contribution >= 4 is 28.8 Å². The Kier molecular flexibility index (Phi) is 4.53. The van der Waals surface area contributed by atoms with Crippen molar-refractivity contribution in [2.75, 3.05) is 5.32 Å². The van der Waals surface area contributed by atoms with Crippen molar-refractivity contribution in [2.24, 2.45) is 0 Å². The zero-order valence-corrected chi connectivity index (χ0v) is 12.3. The summed E-state index contributed by atoms with van der Waals surface area (Å²) in [6.45, 7) is 4.08. The Hall–Kier alpha value is -1.42. The van der Waals surface area contributed by atoms with Crippen LogP contribution >= 0.6 is 12.2 Å². The monoisotopic (exact) mass is 276 g/mol. The summed E-state index contributed by atoms with van der Waals surface area (Å²) in [4.78, 5) is 12.3. The van der Waals surface area contributed by atoms with Gasteiger partial charge in [-0.2, -0.15) is 0 Å². The predicted octanol–water partition coefficient (Wildman–Crippen LogP) is 3.10. The third-order valence-corrected chi connectivity index (χ3v) is 3.96. The Morgan fingerprint density at radius 2 is 1.89 bits per heavy atom. The van der Waals surface area contributed by atoms with Crippen LogP contribution < -0.4 is 10.6 Å². The molecule has 1 saturated carbocycles. The molecule has 102 valence electrons. The van der Waals surface area contributed by atoms with E-state index in [-0.39, 0.29) is 5.91 Å². The summed E-state index contributed by atoms with van der Waals surface area (Å²) in [6, 6.07) is 6.24. The summed E-state index contributed by atoms with van der Waals surface area (Å²) in [6.07, 6.45) is 4.66. The first kappa shape index (κ1) is 14.0. The van der Waals surface area contributed by atoms with Gasteiger partial charge in [-0.05, 0) is 49.9 Å². The minimum Gasteiger partial charge on any atom is -0.369 e. The smallest absolute Gasteiger partial charge is 0.283 e. The molecule has 0 saturated heterocycles. The van der Waals surface area contributed by atoms with Crippen molar-refractivity contribution in [2.45, 2.75) is 45.6 Å². The summed E-state index contributed by atoms with van der Waals surface area (Å²) >= 11 is 5.15. The second-order valence-corrected chi connectivity index (χ2v) is 5.62. The van der Waals surface area contributed by atoms with E-state index >= 15 is 0 Å². The van der Waals surface area contributed by atoms with Gasteiger partial charge in [-0.3, -0.25) is 4.79 Å². The van der Waals surface area contributed by atoms with Crippen molar-refractivity contribution in [3.8, 4) is 0 Å². The molecular weight excluding hydrogens is 256 g/mol. The van der Waals surface area contributed by atoms with Gasteiger partial charge in [0.1, 0.15) is 0 Å². The summed E-state index contributed by atoms with van der Waals surface area (Å²) in [7, 11) is 0. The van der Waals surface area contributed by atoms with Crippen LogP contribution in [-0.2, 0) is 4.79 Å². The molecule has 2 rings (SSSR count). The maximum absolute atomic E-state index is 12.0. The lowest BCUT2D eigenvalue weighted by Gasteiger charge is -2.14. The number of thiocarbonyl (C=S) groups is 1. The van der Waals surface area contributed by atoms with Gasteiger partial charge in [0.2, 0.25) is 0 Å². The number of carbonyl (C=O) groups excluding carboxylic acids is 1. The fraction of sp³-hybridized carbons (Fsp3) is 0.467. The van der Waals surface area contributed by atoms with E-state index in [1.54, 1.807) is 0 Å². The third kappa shape index (κ3) is 3.77. The molecule has 19 heavy (non-hydrogen) atoms. The molecule has 0 radical (unpaired) electrons. The zero-order valence-electron chi connectivity index (χ0n) is 11.5. The Labute approximate surface area is 119 Å². The lowest BCUT2D eigenvalue weighted by Crippen LogP contribution is -2.39. The molecule has 1 aliphatic carbocycles. The van der Waals surface area contributed by atoms with Crippen molar-refractivity contribution in [1.82, 2.24) is 5.32 Å². The fourth-order valence-corrected chi connectivity index (χ4v) is 2.55. The van der Waals surface area contributed by atoms with Gasteiger partial charge in [-0.15, -0.1) is 0 Å². The zero-order chi connectivity index (χ0) is 13.8. The molecule has 0 aromatic heterocycles. The Morgan fingerprint density at radius 1 is 1.21 bits per heavy atom. The van der Waals surface area contributed by atoms with Crippen LogP contribution in [0, 0.1) is 13.8 Å². The predicted molar refractivity (Wildman–Crippen MR) is 82.5 cm³/mol. The minimum atomic E-state index is -0.217. The molecule has 0 bridgehead atoms. The number of nitrogens with one attached hydrogen (secondary N) is 2. The first-order chi connectivity index (χ1) is 9.06. The number of anilines is 1. The van der Waals surface area contributed by atoms with E-state index in [9.17, 15) is 4.79 Å². The highest BCUT2D eigenvalue weighted by Gasteiger charge is 2.18. The maximum Gasteiger partial charge on any atom is 0.283 e. The van der Waals surface area contributed by atoms with Crippen molar-refractivity contribution < 1.29 is 4.79 Å². The molecule has 4 heteroatoms. The topological polar surface area (TPSA) is 41.1 Å². The Morgan fingerprint density at radius 3 is 2.53 bits per heavy atom. The Balaban J connectivity index is 1.92. The molecule has 0 aliphatic heterocycles. The summed E-state index contributed by atoms with van der Waals surface area (Å²) in [5, 5.41) is 5.99. The van der Waals surface area contributed by atoms with Crippen molar-refractivity contribution in [3.05, 3.63) is 29.3 Å². The lowest BCUT2D eigenvalue weighted by molar-refractivity contribution is -0.110. The molecule has 0 unspecified atom stereocenters. The van der Waals surface area contributed by atoms with E-state index in [1.807, 2.05) is 32.0 Å². The van der Waals surface area contributed by atoms with Gasteiger partial charge in [-0.25, -0.2) is 0 Å². The van der Waals surface area contributed by atoms with E-state index in [2.05, 4.69) is 10.6 Å². The molecule has 1 aromatic carbocycles. The van der Waals surface area contributed by atoms with Crippen LogP contribution in [-0.4, -0.2) is 16.9 Å². The molecule has 0 spiro atoms. The fourth-order valence-electron chi connectivity index (χ4n) is 2.33.